The molecular formula is C26H33N5O2. The summed E-state index contributed by atoms with van der Waals surface area (Å²) in [7, 11) is 0. The highest BCUT2D eigenvalue weighted by atomic mass is 16.2. The normalized spacial score (nSPS) is 24.7. The first-order valence-electron chi connectivity index (χ1n) is 12.1. The van der Waals surface area contributed by atoms with Gasteiger partial charge in [0.2, 0.25) is 5.91 Å². The number of anilines is 1. The standard InChI is InChI=1S/C26H33N5O2/c1-2-30-16-12-26(23(30)32)20-29(18-21-7-6-13-27-17-21)19-25(26)10-14-31(15-11-25)24(33)28-22-8-4-3-5-9-22/h3-9,13,17H,2,10-12,14-16,18-20H2,1H3,(H,28,33)/t26-/m0/s1. The molecule has 174 valence electrons. The fourth-order valence-corrected chi connectivity index (χ4v) is 6.32. The number of rotatable bonds is 4. The van der Waals surface area contributed by atoms with Gasteiger partial charge in [0.05, 0.1) is 5.41 Å². The highest BCUT2D eigenvalue weighted by molar-refractivity contribution is 5.89. The van der Waals surface area contributed by atoms with Crippen molar-refractivity contribution in [1.29, 1.82) is 0 Å². The van der Waals surface area contributed by atoms with Crippen molar-refractivity contribution in [2.24, 2.45) is 10.8 Å². The molecule has 5 rings (SSSR count). The van der Waals surface area contributed by atoms with Crippen LogP contribution < -0.4 is 5.32 Å². The van der Waals surface area contributed by atoms with Crippen LogP contribution in [0.25, 0.3) is 0 Å². The van der Waals surface area contributed by atoms with Crippen LogP contribution in [0.3, 0.4) is 0 Å². The Kier molecular flexibility index (Phi) is 5.83. The van der Waals surface area contributed by atoms with E-state index in [0.717, 1.165) is 57.7 Å². The molecule has 1 aromatic heterocycles. The lowest BCUT2D eigenvalue weighted by molar-refractivity contribution is -0.141. The monoisotopic (exact) mass is 447 g/mol. The van der Waals surface area contributed by atoms with E-state index in [1.807, 2.05) is 52.4 Å². The number of pyridine rings is 1. The van der Waals surface area contributed by atoms with Crippen molar-refractivity contribution >= 4 is 17.6 Å². The van der Waals surface area contributed by atoms with Gasteiger partial charge in [0.25, 0.3) is 0 Å². The molecule has 3 fully saturated rings. The quantitative estimate of drug-likeness (QED) is 0.780. The van der Waals surface area contributed by atoms with Crippen LogP contribution in [0.1, 0.15) is 31.7 Å². The zero-order valence-electron chi connectivity index (χ0n) is 19.4. The number of hydrogen-bond acceptors (Lipinski definition) is 4. The Morgan fingerprint density at radius 3 is 2.48 bits per heavy atom. The van der Waals surface area contributed by atoms with Gasteiger partial charge in [0.15, 0.2) is 0 Å². The summed E-state index contributed by atoms with van der Waals surface area (Å²) in [5.41, 5.74) is 1.57. The van der Waals surface area contributed by atoms with E-state index < -0.39 is 0 Å². The summed E-state index contributed by atoms with van der Waals surface area (Å²) in [5.74, 6) is 0.320. The maximum absolute atomic E-state index is 13.7. The van der Waals surface area contributed by atoms with E-state index in [0.29, 0.717) is 19.0 Å². The van der Waals surface area contributed by atoms with Gasteiger partial charge in [-0.3, -0.25) is 14.7 Å². The molecule has 4 heterocycles. The average Bonchev–Trinajstić information content (AvgIpc) is 3.32. The number of carbonyl (C=O) groups is 2. The highest BCUT2D eigenvalue weighted by Crippen LogP contribution is 2.58. The maximum atomic E-state index is 13.7. The predicted octanol–water partition coefficient (Wildman–Crippen LogP) is 3.45. The minimum atomic E-state index is -0.340. The van der Waals surface area contributed by atoms with Crippen molar-refractivity contribution in [2.75, 3.05) is 44.6 Å². The summed E-state index contributed by atoms with van der Waals surface area (Å²) in [4.78, 5) is 37.2. The number of likely N-dealkylation sites (tertiary alicyclic amines) is 3. The van der Waals surface area contributed by atoms with Crippen LogP contribution in [0.2, 0.25) is 0 Å². The summed E-state index contributed by atoms with van der Waals surface area (Å²) < 4.78 is 0. The number of nitrogens with one attached hydrogen (secondary N) is 1. The third-order valence-corrected chi connectivity index (χ3v) is 8.08. The lowest BCUT2D eigenvalue weighted by atomic mass is 9.60. The number of aromatic nitrogens is 1. The summed E-state index contributed by atoms with van der Waals surface area (Å²) in [6.45, 7) is 7.56. The van der Waals surface area contributed by atoms with E-state index in [2.05, 4.69) is 28.2 Å². The molecule has 0 aliphatic carbocycles. The largest absolute Gasteiger partial charge is 0.342 e. The van der Waals surface area contributed by atoms with Crippen molar-refractivity contribution in [3.63, 3.8) is 0 Å². The van der Waals surface area contributed by atoms with Crippen LogP contribution >= 0.6 is 0 Å². The fraction of sp³-hybridized carbons (Fsp3) is 0.500. The lowest BCUT2D eigenvalue weighted by Crippen LogP contribution is -2.54. The van der Waals surface area contributed by atoms with Crippen LogP contribution in [-0.2, 0) is 11.3 Å². The molecule has 0 bridgehead atoms. The van der Waals surface area contributed by atoms with Crippen LogP contribution in [0.15, 0.2) is 54.9 Å². The Morgan fingerprint density at radius 2 is 1.82 bits per heavy atom. The van der Waals surface area contributed by atoms with Gasteiger partial charge in [-0.25, -0.2) is 4.79 Å². The Bertz CT molecular complexity index is 990. The van der Waals surface area contributed by atoms with E-state index in [9.17, 15) is 9.59 Å². The molecule has 7 heteroatoms. The Balaban J connectivity index is 1.33. The zero-order chi connectivity index (χ0) is 22.9. The number of para-hydroxylation sites is 1. The van der Waals surface area contributed by atoms with Gasteiger partial charge in [-0.1, -0.05) is 24.3 Å². The molecule has 3 saturated heterocycles. The number of nitrogens with zero attached hydrogens (tertiary/aromatic N) is 4. The molecule has 0 unspecified atom stereocenters. The van der Waals surface area contributed by atoms with E-state index in [-0.39, 0.29) is 16.9 Å². The molecule has 33 heavy (non-hydrogen) atoms. The molecule has 7 nitrogen and oxygen atoms in total. The number of urea groups is 1. The number of fused-ring (bicyclic) bond motifs is 1. The fourth-order valence-electron chi connectivity index (χ4n) is 6.32. The molecule has 3 aliphatic heterocycles. The van der Waals surface area contributed by atoms with Crippen LogP contribution in [0.4, 0.5) is 10.5 Å². The van der Waals surface area contributed by atoms with Gasteiger partial charge in [-0.2, -0.15) is 0 Å². The van der Waals surface area contributed by atoms with Crippen LogP contribution in [0, 0.1) is 10.8 Å². The van der Waals surface area contributed by atoms with Gasteiger partial charge in [0, 0.05) is 69.3 Å². The van der Waals surface area contributed by atoms with Crippen molar-refractivity contribution in [2.45, 2.75) is 32.7 Å². The topological polar surface area (TPSA) is 68.8 Å². The smallest absolute Gasteiger partial charge is 0.321 e. The SMILES string of the molecule is CCN1CC[C@]2(CN(Cc3cccnc3)CC23CCN(C(=O)Nc2ccccc2)CC3)C1=O. The second-order valence-electron chi connectivity index (χ2n) is 9.79. The van der Waals surface area contributed by atoms with Crippen molar-refractivity contribution in [1.82, 2.24) is 19.7 Å². The Morgan fingerprint density at radius 1 is 1.03 bits per heavy atom. The number of amides is 3. The summed E-state index contributed by atoms with van der Waals surface area (Å²) in [6, 6.07) is 13.6. The molecule has 0 radical (unpaired) electrons. The second-order valence-corrected chi connectivity index (χ2v) is 9.79. The van der Waals surface area contributed by atoms with Crippen molar-refractivity contribution < 1.29 is 9.59 Å². The van der Waals surface area contributed by atoms with Gasteiger partial charge in [-0.15, -0.1) is 0 Å². The number of benzene rings is 1. The second kappa shape index (κ2) is 8.78. The van der Waals surface area contributed by atoms with Crippen LogP contribution in [-0.4, -0.2) is 70.9 Å². The molecule has 3 amide bonds. The predicted molar refractivity (Wildman–Crippen MR) is 128 cm³/mol. The zero-order valence-corrected chi connectivity index (χ0v) is 19.4. The van der Waals surface area contributed by atoms with Crippen molar-refractivity contribution in [3.05, 3.63) is 60.4 Å². The molecular weight excluding hydrogens is 414 g/mol. The first kappa shape index (κ1) is 21.9. The van der Waals surface area contributed by atoms with Gasteiger partial charge >= 0.3 is 6.03 Å². The highest BCUT2D eigenvalue weighted by Gasteiger charge is 2.64. The third kappa shape index (κ3) is 3.88. The Labute approximate surface area is 195 Å². The van der Waals surface area contributed by atoms with E-state index in [1.54, 1.807) is 6.20 Å². The third-order valence-electron chi connectivity index (χ3n) is 8.08. The summed E-state index contributed by atoms with van der Waals surface area (Å²) >= 11 is 0. The number of piperidine rings is 1. The molecule has 0 saturated carbocycles. The van der Waals surface area contributed by atoms with E-state index in [1.165, 1.54) is 5.56 Å². The van der Waals surface area contributed by atoms with E-state index >= 15 is 0 Å². The maximum Gasteiger partial charge on any atom is 0.321 e. The summed E-state index contributed by atoms with van der Waals surface area (Å²) in [6.07, 6.45) is 6.36. The molecule has 1 N–H and O–H groups in total. The first-order valence-corrected chi connectivity index (χ1v) is 12.1. The van der Waals surface area contributed by atoms with Gasteiger partial charge in [0.1, 0.15) is 0 Å². The molecule has 2 spiro atoms. The van der Waals surface area contributed by atoms with E-state index in [4.69, 9.17) is 0 Å². The lowest BCUT2D eigenvalue weighted by Gasteiger charge is -2.47. The molecule has 2 aromatic rings. The molecule has 1 aromatic carbocycles. The Hall–Kier alpha value is -2.93. The number of hydrogen-bond donors (Lipinski definition) is 1. The molecule has 3 aliphatic rings. The first-order chi connectivity index (χ1) is 16.1. The number of carbonyl (C=O) groups excluding carboxylic acids is 2. The minimum absolute atomic E-state index is 0.0525. The van der Waals surface area contributed by atoms with Crippen molar-refractivity contribution in [3.8, 4) is 0 Å². The average molecular weight is 448 g/mol. The van der Waals surface area contributed by atoms with Gasteiger partial charge < -0.3 is 15.1 Å². The van der Waals surface area contributed by atoms with Gasteiger partial charge in [-0.05, 0) is 49.9 Å². The minimum Gasteiger partial charge on any atom is -0.342 e. The van der Waals surface area contributed by atoms with Crippen LogP contribution in [0.5, 0.6) is 0 Å². The summed E-state index contributed by atoms with van der Waals surface area (Å²) in [5, 5.41) is 3.01. The molecule has 1 atom stereocenters.